The Labute approximate surface area is 252 Å². The quantitative estimate of drug-likeness (QED) is 0.288. The molecule has 2 atom stereocenters. The Morgan fingerprint density at radius 1 is 1.19 bits per heavy atom. The second-order valence-corrected chi connectivity index (χ2v) is 15.2. The van der Waals surface area contributed by atoms with Gasteiger partial charge in [0.15, 0.2) is 0 Å². The van der Waals surface area contributed by atoms with E-state index in [0.29, 0.717) is 17.8 Å². The normalized spacial score (nSPS) is 22.9. The molecule has 2 fully saturated rings. The zero-order chi connectivity index (χ0) is 30.8. The van der Waals surface area contributed by atoms with Crippen LogP contribution in [0.2, 0.25) is 0 Å². The molecule has 4 N–H and O–H groups in total. The summed E-state index contributed by atoms with van der Waals surface area (Å²) in [6.07, 6.45) is 3.61. The van der Waals surface area contributed by atoms with Crippen LogP contribution in [0.25, 0.3) is 10.4 Å². The fraction of sp³-hybridized carbons (Fsp3) is 0.621. The van der Waals surface area contributed by atoms with Crippen LogP contribution in [0.5, 0.6) is 0 Å². The highest BCUT2D eigenvalue weighted by Crippen LogP contribution is 2.41. The number of likely N-dealkylation sites (tertiary alicyclic amines) is 1. The molecule has 0 bridgehead atoms. The molecule has 232 valence electrons. The smallest absolute Gasteiger partial charge is 0.407 e. The van der Waals surface area contributed by atoms with Crippen molar-refractivity contribution in [3.8, 4) is 10.4 Å². The summed E-state index contributed by atoms with van der Waals surface area (Å²) in [6.45, 7) is 11.9. The van der Waals surface area contributed by atoms with Gasteiger partial charge in [-0.2, -0.15) is 0 Å². The first-order valence-corrected chi connectivity index (χ1v) is 16.8. The highest BCUT2D eigenvalue weighted by atomic mass is 32.2. The number of ether oxygens (including phenoxy) is 1. The van der Waals surface area contributed by atoms with Gasteiger partial charge in [-0.1, -0.05) is 33.8 Å². The van der Waals surface area contributed by atoms with E-state index in [9.17, 15) is 23.1 Å². The summed E-state index contributed by atoms with van der Waals surface area (Å²) >= 11 is 1.50. The van der Waals surface area contributed by atoms with Gasteiger partial charge in [-0.3, -0.25) is 0 Å². The molecule has 0 spiro atoms. The number of anilines is 1. The van der Waals surface area contributed by atoms with Crippen LogP contribution < -0.4 is 15.4 Å². The van der Waals surface area contributed by atoms with Gasteiger partial charge in [0.25, 0.3) is 0 Å². The number of thiazole rings is 1. The fourth-order valence-electron chi connectivity index (χ4n) is 5.92. The monoisotopic (exact) mass is 621 g/mol. The number of carboxylic acid groups (broad SMARTS) is 1. The lowest BCUT2D eigenvalue weighted by Gasteiger charge is -2.53. The van der Waals surface area contributed by atoms with Crippen LogP contribution >= 0.6 is 11.3 Å². The van der Waals surface area contributed by atoms with Gasteiger partial charge in [-0.05, 0) is 57.1 Å². The maximum Gasteiger partial charge on any atom is 0.407 e. The number of sulfonamides is 1. The van der Waals surface area contributed by atoms with Gasteiger partial charge >= 0.3 is 12.2 Å². The molecule has 42 heavy (non-hydrogen) atoms. The molecule has 13 heteroatoms. The Kier molecular flexibility index (Phi) is 9.73. The molecule has 4 rings (SSSR count). The third-order valence-electron chi connectivity index (χ3n) is 7.73. The molecule has 11 nitrogen and oxygen atoms in total. The van der Waals surface area contributed by atoms with E-state index in [2.05, 4.69) is 20.3 Å². The maximum absolute atomic E-state index is 13.3. The van der Waals surface area contributed by atoms with Crippen LogP contribution in [0.15, 0.2) is 29.3 Å². The number of amides is 2. The number of carbonyl (C=O) groups is 2. The molecule has 2 amide bonds. The molecule has 2 aliphatic rings. The summed E-state index contributed by atoms with van der Waals surface area (Å²) in [5, 5.41) is 16.9. The number of rotatable bonds is 9. The lowest BCUT2D eigenvalue weighted by atomic mass is 9.76. The number of hydrogen-bond donors (Lipinski definition) is 4. The number of nitrogens with zero attached hydrogens (tertiary/aromatic N) is 2. The number of hydrogen-bond acceptors (Lipinski definition) is 8. The van der Waals surface area contributed by atoms with E-state index in [1.807, 2.05) is 40.7 Å². The van der Waals surface area contributed by atoms with Crippen LogP contribution in [0, 0.1) is 5.41 Å². The minimum atomic E-state index is -3.81. The second kappa shape index (κ2) is 12.8. The van der Waals surface area contributed by atoms with Crippen LogP contribution in [-0.4, -0.2) is 72.9 Å². The first-order valence-electron chi connectivity index (χ1n) is 14.5. The Morgan fingerprint density at radius 2 is 1.88 bits per heavy atom. The van der Waals surface area contributed by atoms with E-state index in [0.717, 1.165) is 35.6 Å². The zero-order valence-electron chi connectivity index (χ0n) is 25.1. The number of nitrogens with one attached hydrogen (secondary N) is 3. The topological polar surface area (TPSA) is 150 Å². The predicted molar refractivity (Wildman–Crippen MR) is 164 cm³/mol. The average Bonchev–Trinajstić information content (AvgIpc) is 3.35. The van der Waals surface area contributed by atoms with Gasteiger partial charge in [0, 0.05) is 42.5 Å². The average molecular weight is 622 g/mol. The van der Waals surface area contributed by atoms with Crippen molar-refractivity contribution < 1.29 is 27.9 Å². The van der Waals surface area contributed by atoms with Crippen molar-refractivity contribution in [3.63, 3.8) is 0 Å². The molecular weight excluding hydrogens is 578 g/mol. The van der Waals surface area contributed by atoms with Crippen molar-refractivity contribution in [2.45, 2.75) is 102 Å². The van der Waals surface area contributed by atoms with E-state index < -0.39 is 16.1 Å². The van der Waals surface area contributed by atoms with Gasteiger partial charge in [-0.25, -0.2) is 27.7 Å². The number of alkyl carbamates (subject to hydrolysis) is 1. The van der Waals surface area contributed by atoms with Crippen molar-refractivity contribution >= 4 is 39.2 Å². The Balaban J connectivity index is 1.52. The van der Waals surface area contributed by atoms with E-state index in [1.54, 1.807) is 25.3 Å². The second-order valence-electron chi connectivity index (χ2n) is 12.4. The summed E-state index contributed by atoms with van der Waals surface area (Å²) in [5.41, 5.74) is 0.898. The Morgan fingerprint density at radius 3 is 2.48 bits per heavy atom. The largest absolute Gasteiger partial charge is 0.465 e. The molecule has 2 heterocycles. The third-order valence-corrected chi connectivity index (χ3v) is 10.5. The Hall–Kier alpha value is -2.90. The molecule has 1 aliphatic heterocycles. The van der Waals surface area contributed by atoms with Gasteiger partial charge in [0.2, 0.25) is 10.0 Å². The SMILES string of the molecule is CCNS(=O)(=O)c1cc(NC2CN(C(=O)O)C2C(C)(C)C)ccc1-c1cnc(C2CCC(NC(=O)OC(C)C)CC2)s1. The third kappa shape index (κ3) is 7.35. The lowest BCUT2D eigenvalue weighted by Crippen LogP contribution is -2.69. The van der Waals surface area contributed by atoms with Crippen LogP contribution in [0.4, 0.5) is 15.3 Å². The first-order chi connectivity index (χ1) is 19.7. The number of benzene rings is 1. The molecule has 2 aromatic rings. The lowest BCUT2D eigenvalue weighted by molar-refractivity contribution is 0.00830. The summed E-state index contributed by atoms with van der Waals surface area (Å²) in [4.78, 5) is 30.7. The molecule has 1 aromatic carbocycles. The summed E-state index contributed by atoms with van der Waals surface area (Å²) in [7, 11) is -3.81. The van der Waals surface area contributed by atoms with Crippen LogP contribution in [-0.2, 0) is 14.8 Å². The highest BCUT2D eigenvalue weighted by molar-refractivity contribution is 7.89. The zero-order valence-corrected chi connectivity index (χ0v) is 26.8. The molecule has 2 unspecified atom stereocenters. The van der Waals surface area contributed by atoms with Crippen molar-refractivity contribution in [2.24, 2.45) is 5.41 Å². The molecule has 1 saturated heterocycles. The van der Waals surface area contributed by atoms with Crippen molar-refractivity contribution in [3.05, 3.63) is 29.4 Å². The van der Waals surface area contributed by atoms with Crippen molar-refractivity contribution in [1.29, 1.82) is 0 Å². The summed E-state index contributed by atoms with van der Waals surface area (Å²) in [6, 6.07) is 4.94. The van der Waals surface area contributed by atoms with Crippen LogP contribution in [0.1, 0.15) is 78.2 Å². The predicted octanol–water partition coefficient (Wildman–Crippen LogP) is 5.46. The van der Waals surface area contributed by atoms with Gasteiger partial charge in [-0.15, -0.1) is 11.3 Å². The maximum atomic E-state index is 13.3. The van der Waals surface area contributed by atoms with Gasteiger partial charge in [0.05, 0.1) is 33.0 Å². The van der Waals surface area contributed by atoms with E-state index in [4.69, 9.17) is 4.74 Å². The summed E-state index contributed by atoms with van der Waals surface area (Å²) < 4.78 is 34.5. The molecule has 0 radical (unpaired) electrons. The van der Waals surface area contributed by atoms with E-state index in [-0.39, 0.29) is 53.1 Å². The van der Waals surface area contributed by atoms with Gasteiger partial charge < -0.3 is 25.4 Å². The standard InChI is InChI=1S/C29H43N5O6S2/c1-7-31-42(38,39)24-14-20(32-22-16-34(28(36)37)25(22)29(4,5)6)12-13-21(24)23-15-30-26(41-23)18-8-10-19(11-9-18)33-27(35)40-17(2)3/h12-15,17-19,22,25,31-32H,7-11,16H2,1-6H3,(H,33,35)(H,36,37). The van der Waals surface area contributed by atoms with Crippen LogP contribution in [0.3, 0.4) is 0 Å². The Bertz CT molecular complexity index is 1380. The first kappa shape index (κ1) is 32.0. The van der Waals surface area contributed by atoms with E-state index in [1.165, 1.54) is 16.2 Å². The van der Waals surface area contributed by atoms with Crippen molar-refractivity contribution in [2.75, 3.05) is 18.4 Å². The van der Waals surface area contributed by atoms with E-state index >= 15 is 0 Å². The minimum absolute atomic E-state index is 0.0694. The molecule has 1 aliphatic carbocycles. The molecule has 1 aromatic heterocycles. The van der Waals surface area contributed by atoms with Gasteiger partial charge in [0.1, 0.15) is 0 Å². The highest BCUT2D eigenvalue weighted by Gasteiger charge is 2.48. The summed E-state index contributed by atoms with van der Waals surface area (Å²) in [5.74, 6) is 0.239. The minimum Gasteiger partial charge on any atom is -0.465 e. The number of carbonyl (C=O) groups excluding carboxylic acids is 1. The fourth-order valence-corrected chi connectivity index (χ4v) is 8.39. The molecule has 1 saturated carbocycles. The number of aromatic nitrogens is 1. The van der Waals surface area contributed by atoms with Crippen molar-refractivity contribution in [1.82, 2.24) is 19.9 Å². The molecular formula is C29H43N5O6S2.